The minimum atomic E-state index is 0. The Kier molecular flexibility index (Phi) is 8.64. The summed E-state index contributed by atoms with van der Waals surface area (Å²) in [6.07, 6.45) is 1.75. The standard InChI is InChI=1S/C7H11N3.2ClH/c1-6(10-8)7-4-2-3-5-9-7;;/h2-6,10H,8H2,1H3;2*1H. The third-order valence-electron chi connectivity index (χ3n) is 1.38. The molecule has 3 N–H and O–H groups in total. The van der Waals surface area contributed by atoms with Crippen molar-refractivity contribution in [1.29, 1.82) is 0 Å². The van der Waals surface area contributed by atoms with E-state index in [4.69, 9.17) is 5.84 Å². The summed E-state index contributed by atoms with van der Waals surface area (Å²) < 4.78 is 0. The molecule has 70 valence electrons. The molecule has 0 saturated heterocycles. The zero-order valence-corrected chi connectivity index (χ0v) is 8.36. The van der Waals surface area contributed by atoms with Gasteiger partial charge >= 0.3 is 0 Å². The van der Waals surface area contributed by atoms with Gasteiger partial charge in [-0.25, -0.2) is 0 Å². The lowest BCUT2D eigenvalue weighted by Crippen LogP contribution is -2.26. The van der Waals surface area contributed by atoms with E-state index >= 15 is 0 Å². The van der Waals surface area contributed by atoms with E-state index in [0.29, 0.717) is 0 Å². The lowest BCUT2D eigenvalue weighted by Gasteiger charge is -2.07. The van der Waals surface area contributed by atoms with E-state index in [2.05, 4.69) is 10.4 Å². The summed E-state index contributed by atoms with van der Waals surface area (Å²) in [5, 5.41) is 0. The van der Waals surface area contributed by atoms with Crippen LogP contribution in [-0.2, 0) is 0 Å². The van der Waals surface area contributed by atoms with Crippen molar-refractivity contribution >= 4 is 24.8 Å². The van der Waals surface area contributed by atoms with Gasteiger partial charge in [-0.15, -0.1) is 24.8 Å². The normalized spacial score (nSPS) is 10.8. The Labute approximate surface area is 84.5 Å². The second-order valence-electron chi connectivity index (χ2n) is 2.14. The molecule has 1 atom stereocenters. The molecule has 1 unspecified atom stereocenters. The van der Waals surface area contributed by atoms with Crippen molar-refractivity contribution in [3.63, 3.8) is 0 Å². The maximum atomic E-state index is 5.21. The van der Waals surface area contributed by atoms with Crippen LogP contribution in [0.5, 0.6) is 0 Å². The molecule has 0 bridgehead atoms. The highest BCUT2D eigenvalue weighted by atomic mass is 35.5. The maximum Gasteiger partial charge on any atom is 0.0604 e. The van der Waals surface area contributed by atoms with E-state index in [1.54, 1.807) is 6.20 Å². The fourth-order valence-electron chi connectivity index (χ4n) is 0.717. The van der Waals surface area contributed by atoms with Gasteiger partial charge in [0.05, 0.1) is 11.7 Å². The summed E-state index contributed by atoms with van der Waals surface area (Å²) >= 11 is 0. The molecule has 0 aromatic carbocycles. The zero-order valence-electron chi connectivity index (χ0n) is 6.73. The second kappa shape index (κ2) is 7.31. The Balaban J connectivity index is 0. The number of nitrogens with two attached hydrogens (primary N) is 1. The molecule has 0 amide bonds. The first-order valence-corrected chi connectivity index (χ1v) is 3.21. The molecular weight excluding hydrogens is 197 g/mol. The SMILES string of the molecule is CC(NN)c1ccccn1.Cl.Cl. The van der Waals surface area contributed by atoms with Gasteiger partial charge in [-0.2, -0.15) is 0 Å². The van der Waals surface area contributed by atoms with Gasteiger partial charge in [0, 0.05) is 6.20 Å². The van der Waals surface area contributed by atoms with E-state index in [1.807, 2.05) is 25.1 Å². The van der Waals surface area contributed by atoms with Crippen LogP contribution in [0.3, 0.4) is 0 Å². The van der Waals surface area contributed by atoms with Crippen molar-refractivity contribution in [1.82, 2.24) is 10.4 Å². The predicted molar refractivity (Wildman–Crippen MR) is 54.5 cm³/mol. The Morgan fingerprint density at radius 1 is 1.42 bits per heavy atom. The second-order valence-corrected chi connectivity index (χ2v) is 2.14. The number of nitrogens with zero attached hydrogens (tertiary/aromatic N) is 1. The van der Waals surface area contributed by atoms with Gasteiger partial charge in [0.15, 0.2) is 0 Å². The van der Waals surface area contributed by atoms with Crippen LogP contribution in [0.2, 0.25) is 0 Å². The van der Waals surface area contributed by atoms with Crippen LogP contribution in [0, 0.1) is 0 Å². The fraction of sp³-hybridized carbons (Fsp3) is 0.286. The number of hydrogen-bond acceptors (Lipinski definition) is 3. The lowest BCUT2D eigenvalue weighted by atomic mass is 10.2. The van der Waals surface area contributed by atoms with Gasteiger partial charge < -0.3 is 0 Å². The van der Waals surface area contributed by atoms with Crippen molar-refractivity contribution in [2.75, 3.05) is 0 Å². The van der Waals surface area contributed by atoms with Crippen molar-refractivity contribution in [3.8, 4) is 0 Å². The molecule has 0 aliphatic rings. The quantitative estimate of drug-likeness (QED) is 0.573. The molecule has 5 heteroatoms. The first-order valence-electron chi connectivity index (χ1n) is 3.21. The average molecular weight is 210 g/mol. The summed E-state index contributed by atoms with van der Waals surface area (Å²) in [6, 6.07) is 5.88. The maximum absolute atomic E-state index is 5.21. The molecule has 0 aliphatic heterocycles. The number of nitrogens with one attached hydrogen (secondary N) is 1. The van der Waals surface area contributed by atoms with Crippen LogP contribution in [0.4, 0.5) is 0 Å². The molecule has 1 heterocycles. The summed E-state index contributed by atoms with van der Waals surface area (Å²) in [6.45, 7) is 1.96. The van der Waals surface area contributed by atoms with Crippen LogP contribution in [0.1, 0.15) is 18.7 Å². The van der Waals surface area contributed by atoms with Crippen LogP contribution in [-0.4, -0.2) is 4.98 Å². The Morgan fingerprint density at radius 2 is 2.08 bits per heavy atom. The molecule has 1 aromatic heterocycles. The van der Waals surface area contributed by atoms with Gasteiger partial charge in [0.2, 0.25) is 0 Å². The number of halogens is 2. The molecule has 12 heavy (non-hydrogen) atoms. The third-order valence-corrected chi connectivity index (χ3v) is 1.38. The lowest BCUT2D eigenvalue weighted by molar-refractivity contribution is 0.587. The largest absolute Gasteiger partial charge is 0.271 e. The van der Waals surface area contributed by atoms with Crippen LogP contribution in [0.15, 0.2) is 24.4 Å². The molecule has 0 spiro atoms. The Hall–Kier alpha value is -0.350. The third kappa shape index (κ3) is 3.88. The summed E-state index contributed by atoms with van der Waals surface area (Å²) in [5.41, 5.74) is 3.58. The highest BCUT2D eigenvalue weighted by Crippen LogP contribution is 2.04. The summed E-state index contributed by atoms with van der Waals surface area (Å²) in [4.78, 5) is 4.11. The first kappa shape index (κ1) is 14.2. The van der Waals surface area contributed by atoms with E-state index in [1.165, 1.54) is 0 Å². The average Bonchev–Trinajstić information content (AvgIpc) is 2.05. The van der Waals surface area contributed by atoms with Crippen LogP contribution < -0.4 is 11.3 Å². The van der Waals surface area contributed by atoms with Crippen molar-refractivity contribution in [3.05, 3.63) is 30.1 Å². The Bertz CT molecular complexity index is 193. The minimum Gasteiger partial charge on any atom is -0.271 e. The van der Waals surface area contributed by atoms with Crippen molar-refractivity contribution in [2.45, 2.75) is 13.0 Å². The number of rotatable bonds is 2. The fourth-order valence-corrected chi connectivity index (χ4v) is 0.717. The van der Waals surface area contributed by atoms with E-state index < -0.39 is 0 Å². The number of hydrogen-bond donors (Lipinski definition) is 2. The van der Waals surface area contributed by atoms with E-state index in [0.717, 1.165) is 5.69 Å². The highest BCUT2D eigenvalue weighted by molar-refractivity contribution is 5.85. The van der Waals surface area contributed by atoms with E-state index in [-0.39, 0.29) is 30.9 Å². The number of aromatic nitrogens is 1. The molecule has 0 fully saturated rings. The van der Waals surface area contributed by atoms with Gasteiger partial charge in [-0.1, -0.05) is 6.07 Å². The van der Waals surface area contributed by atoms with Gasteiger partial charge in [-0.3, -0.25) is 16.3 Å². The molecular formula is C7H13Cl2N3. The molecule has 1 aromatic rings. The highest BCUT2D eigenvalue weighted by Gasteiger charge is 2.00. The Morgan fingerprint density at radius 3 is 2.50 bits per heavy atom. The van der Waals surface area contributed by atoms with Crippen molar-refractivity contribution < 1.29 is 0 Å². The molecule has 0 radical (unpaired) electrons. The monoisotopic (exact) mass is 209 g/mol. The minimum absolute atomic E-state index is 0. The number of pyridine rings is 1. The first-order chi connectivity index (χ1) is 4.84. The molecule has 0 saturated carbocycles. The topological polar surface area (TPSA) is 50.9 Å². The zero-order chi connectivity index (χ0) is 7.40. The molecule has 0 aliphatic carbocycles. The number of hydrazine groups is 1. The van der Waals surface area contributed by atoms with Gasteiger partial charge in [0.25, 0.3) is 0 Å². The molecule has 3 nitrogen and oxygen atoms in total. The summed E-state index contributed by atoms with van der Waals surface area (Å²) in [7, 11) is 0. The van der Waals surface area contributed by atoms with Gasteiger partial charge in [-0.05, 0) is 19.1 Å². The van der Waals surface area contributed by atoms with Gasteiger partial charge in [0.1, 0.15) is 0 Å². The smallest absolute Gasteiger partial charge is 0.0604 e. The van der Waals surface area contributed by atoms with Crippen molar-refractivity contribution in [2.24, 2.45) is 5.84 Å². The van der Waals surface area contributed by atoms with Crippen LogP contribution >= 0.6 is 24.8 Å². The van der Waals surface area contributed by atoms with Crippen LogP contribution in [0.25, 0.3) is 0 Å². The molecule has 1 rings (SSSR count). The summed E-state index contributed by atoms with van der Waals surface area (Å²) in [5.74, 6) is 5.21. The predicted octanol–water partition coefficient (Wildman–Crippen LogP) is 1.45. The van der Waals surface area contributed by atoms with E-state index in [9.17, 15) is 0 Å².